The van der Waals surface area contributed by atoms with Gasteiger partial charge in [0.15, 0.2) is 6.61 Å². The lowest BCUT2D eigenvalue weighted by atomic mass is 10.2. The molecule has 0 aromatic heterocycles. The third-order valence-electron chi connectivity index (χ3n) is 4.42. The molecule has 0 bridgehead atoms. The molecule has 0 radical (unpaired) electrons. The zero-order valence-corrected chi connectivity index (χ0v) is 17.9. The summed E-state index contributed by atoms with van der Waals surface area (Å²) in [6.45, 7) is 5.43. The molecule has 0 saturated heterocycles. The second-order valence-electron chi connectivity index (χ2n) is 7.11. The molecule has 0 spiro atoms. The van der Waals surface area contributed by atoms with Crippen LogP contribution in [0.1, 0.15) is 16.7 Å². The molecule has 7 heteroatoms. The first-order valence-corrected chi connectivity index (χ1v) is 10.9. The highest BCUT2D eigenvalue weighted by molar-refractivity contribution is 7.92. The normalized spacial score (nSPS) is 11.0. The van der Waals surface area contributed by atoms with Gasteiger partial charge in [0.05, 0.1) is 4.90 Å². The molecule has 3 aromatic rings. The van der Waals surface area contributed by atoms with Crippen molar-refractivity contribution in [2.45, 2.75) is 25.7 Å². The van der Waals surface area contributed by atoms with E-state index in [1.54, 1.807) is 31.2 Å². The van der Waals surface area contributed by atoms with E-state index < -0.39 is 10.0 Å². The molecule has 0 atom stereocenters. The number of amides is 1. The van der Waals surface area contributed by atoms with E-state index in [4.69, 9.17) is 4.74 Å². The maximum atomic E-state index is 12.6. The summed E-state index contributed by atoms with van der Waals surface area (Å²) in [6, 6.07) is 19.1. The minimum absolute atomic E-state index is 0.122. The fourth-order valence-corrected chi connectivity index (χ4v) is 3.99. The van der Waals surface area contributed by atoms with Gasteiger partial charge in [-0.05, 0) is 74.4 Å². The number of sulfonamides is 1. The van der Waals surface area contributed by atoms with Crippen LogP contribution in [0.2, 0.25) is 0 Å². The fourth-order valence-electron chi connectivity index (χ4n) is 2.85. The molecule has 0 saturated carbocycles. The van der Waals surface area contributed by atoms with Crippen LogP contribution in [0.4, 0.5) is 11.4 Å². The largest absolute Gasteiger partial charge is 0.483 e. The average molecular weight is 425 g/mol. The van der Waals surface area contributed by atoms with E-state index >= 15 is 0 Å². The Hall–Kier alpha value is -3.32. The lowest BCUT2D eigenvalue weighted by molar-refractivity contribution is -0.118. The number of rotatable bonds is 7. The van der Waals surface area contributed by atoms with Crippen LogP contribution in [-0.4, -0.2) is 20.9 Å². The molecule has 2 N–H and O–H groups in total. The molecule has 0 unspecified atom stereocenters. The smallest absolute Gasteiger partial charge is 0.262 e. The minimum atomic E-state index is -3.73. The third kappa shape index (κ3) is 5.61. The van der Waals surface area contributed by atoms with Gasteiger partial charge in [-0.25, -0.2) is 8.42 Å². The molecular formula is C23H24N2O4S. The van der Waals surface area contributed by atoms with Crippen LogP contribution < -0.4 is 14.8 Å². The summed E-state index contributed by atoms with van der Waals surface area (Å²) in [5, 5.41) is 2.77. The quantitative estimate of drug-likeness (QED) is 0.588. The van der Waals surface area contributed by atoms with Crippen LogP contribution in [0.25, 0.3) is 0 Å². The first-order valence-electron chi connectivity index (χ1n) is 9.42. The van der Waals surface area contributed by atoms with Gasteiger partial charge in [0.2, 0.25) is 0 Å². The highest BCUT2D eigenvalue weighted by Crippen LogP contribution is 2.24. The van der Waals surface area contributed by atoms with Crippen molar-refractivity contribution < 1.29 is 17.9 Å². The Morgan fingerprint density at radius 1 is 0.867 bits per heavy atom. The summed E-state index contributed by atoms with van der Waals surface area (Å²) in [4.78, 5) is 12.2. The van der Waals surface area contributed by atoms with Crippen molar-refractivity contribution in [3.63, 3.8) is 0 Å². The molecule has 156 valence electrons. The van der Waals surface area contributed by atoms with E-state index in [1.807, 2.05) is 44.2 Å². The number of aryl methyl sites for hydroxylation is 3. The summed E-state index contributed by atoms with van der Waals surface area (Å²) >= 11 is 0. The number of anilines is 2. The first-order chi connectivity index (χ1) is 14.2. The van der Waals surface area contributed by atoms with E-state index in [0.717, 1.165) is 11.1 Å². The average Bonchev–Trinajstić information content (AvgIpc) is 2.68. The summed E-state index contributed by atoms with van der Waals surface area (Å²) in [7, 11) is -3.73. The van der Waals surface area contributed by atoms with E-state index in [9.17, 15) is 13.2 Å². The summed E-state index contributed by atoms with van der Waals surface area (Å²) in [5.74, 6) is 0.154. The maximum absolute atomic E-state index is 12.6. The van der Waals surface area contributed by atoms with Crippen LogP contribution in [0.5, 0.6) is 5.75 Å². The molecule has 0 fully saturated rings. The molecule has 30 heavy (non-hydrogen) atoms. The van der Waals surface area contributed by atoms with Gasteiger partial charge in [-0.1, -0.05) is 29.8 Å². The maximum Gasteiger partial charge on any atom is 0.262 e. The van der Waals surface area contributed by atoms with Crippen molar-refractivity contribution in [1.29, 1.82) is 0 Å². The molecule has 0 heterocycles. The highest BCUT2D eigenvalue weighted by atomic mass is 32.2. The van der Waals surface area contributed by atoms with Crippen LogP contribution in [0.15, 0.2) is 71.6 Å². The second kappa shape index (κ2) is 9.00. The molecule has 0 aliphatic heterocycles. The van der Waals surface area contributed by atoms with Gasteiger partial charge in [-0.3, -0.25) is 9.52 Å². The van der Waals surface area contributed by atoms with Crippen LogP contribution in [0, 0.1) is 20.8 Å². The number of carbonyl (C=O) groups excluding carboxylic acids is 1. The lowest BCUT2D eigenvalue weighted by Crippen LogP contribution is -2.20. The molecule has 3 aromatic carbocycles. The topological polar surface area (TPSA) is 84.5 Å². The summed E-state index contributed by atoms with van der Waals surface area (Å²) in [6.07, 6.45) is 0. The fraction of sp³-hybridized carbons (Fsp3) is 0.174. The van der Waals surface area contributed by atoms with Crippen LogP contribution >= 0.6 is 0 Å². The Kier molecular flexibility index (Phi) is 6.42. The molecule has 3 rings (SSSR count). The summed E-state index contributed by atoms with van der Waals surface area (Å²) in [5.41, 5.74) is 3.89. The standard InChI is InChI=1S/C23H24N2O4S/c1-16-7-9-19(10-8-16)25-30(27,28)21-11-12-22(18(3)14-21)29-15-23(26)24-20-6-4-5-17(2)13-20/h4-14,25H,15H2,1-3H3,(H,24,26). The van der Waals surface area contributed by atoms with Crippen molar-refractivity contribution in [1.82, 2.24) is 0 Å². The SMILES string of the molecule is Cc1ccc(NS(=O)(=O)c2ccc(OCC(=O)Nc3cccc(C)c3)c(C)c2)cc1. The second-order valence-corrected chi connectivity index (χ2v) is 8.79. The Morgan fingerprint density at radius 2 is 1.60 bits per heavy atom. The van der Waals surface area contributed by atoms with Crippen LogP contribution in [0.3, 0.4) is 0 Å². The number of hydrogen-bond donors (Lipinski definition) is 2. The van der Waals surface area contributed by atoms with Crippen molar-refractivity contribution in [3.05, 3.63) is 83.4 Å². The number of nitrogens with one attached hydrogen (secondary N) is 2. The number of hydrogen-bond acceptors (Lipinski definition) is 4. The predicted octanol–water partition coefficient (Wildman–Crippen LogP) is 4.43. The lowest BCUT2D eigenvalue weighted by Gasteiger charge is -2.12. The van der Waals surface area contributed by atoms with Crippen molar-refractivity contribution in [2.75, 3.05) is 16.6 Å². The van der Waals surface area contributed by atoms with E-state index in [0.29, 0.717) is 22.7 Å². The van der Waals surface area contributed by atoms with Gasteiger partial charge in [0.25, 0.3) is 15.9 Å². The van der Waals surface area contributed by atoms with E-state index in [-0.39, 0.29) is 17.4 Å². The third-order valence-corrected chi connectivity index (χ3v) is 5.80. The Labute approximate surface area is 177 Å². The molecule has 6 nitrogen and oxygen atoms in total. The van der Waals surface area contributed by atoms with Crippen molar-refractivity contribution in [3.8, 4) is 5.75 Å². The Balaban J connectivity index is 1.64. The van der Waals surface area contributed by atoms with Gasteiger partial charge in [0, 0.05) is 11.4 Å². The Morgan fingerprint density at radius 3 is 2.27 bits per heavy atom. The van der Waals surface area contributed by atoms with Gasteiger partial charge in [0.1, 0.15) is 5.75 Å². The minimum Gasteiger partial charge on any atom is -0.483 e. The van der Waals surface area contributed by atoms with E-state index in [2.05, 4.69) is 10.0 Å². The molecule has 0 aliphatic carbocycles. The van der Waals surface area contributed by atoms with Crippen molar-refractivity contribution in [2.24, 2.45) is 0 Å². The molecular weight excluding hydrogens is 400 g/mol. The van der Waals surface area contributed by atoms with Gasteiger partial charge in [-0.15, -0.1) is 0 Å². The highest BCUT2D eigenvalue weighted by Gasteiger charge is 2.16. The number of ether oxygens (including phenoxy) is 1. The number of carbonyl (C=O) groups is 1. The summed E-state index contributed by atoms with van der Waals surface area (Å²) < 4.78 is 33.4. The number of benzene rings is 3. The van der Waals surface area contributed by atoms with Gasteiger partial charge in [-0.2, -0.15) is 0 Å². The molecule has 0 aliphatic rings. The van der Waals surface area contributed by atoms with Gasteiger partial charge >= 0.3 is 0 Å². The zero-order chi connectivity index (χ0) is 21.7. The monoisotopic (exact) mass is 424 g/mol. The zero-order valence-electron chi connectivity index (χ0n) is 17.1. The van der Waals surface area contributed by atoms with Gasteiger partial charge < -0.3 is 10.1 Å². The Bertz CT molecular complexity index is 1160. The van der Waals surface area contributed by atoms with Crippen LogP contribution in [-0.2, 0) is 14.8 Å². The molecule has 1 amide bonds. The predicted molar refractivity (Wildman–Crippen MR) is 118 cm³/mol. The van der Waals surface area contributed by atoms with Crippen molar-refractivity contribution >= 4 is 27.3 Å². The first kappa shape index (κ1) is 21.4. The van der Waals surface area contributed by atoms with E-state index in [1.165, 1.54) is 12.1 Å².